The van der Waals surface area contributed by atoms with E-state index in [1.165, 1.54) is 0 Å². The topological polar surface area (TPSA) is 34.1 Å². The first-order valence-electron chi connectivity index (χ1n) is 6.54. The smallest absolute Gasteiger partial charge is 0.193 e. The van der Waals surface area contributed by atoms with Gasteiger partial charge in [0, 0.05) is 11.1 Å². The zero-order chi connectivity index (χ0) is 14.7. The normalized spacial score (nSPS) is 10.8. The van der Waals surface area contributed by atoms with E-state index in [1.807, 2.05) is 57.2 Å². The number of ketones is 1. The Kier molecular flexibility index (Phi) is 4.46. The Bertz CT molecular complexity index is 651. The second-order valence-electron chi connectivity index (χ2n) is 5.05. The lowest BCUT2D eigenvalue weighted by atomic mass is 9.91. The minimum absolute atomic E-state index is 0.0132. The van der Waals surface area contributed by atoms with Crippen molar-refractivity contribution in [3.8, 4) is 0 Å². The van der Waals surface area contributed by atoms with Crippen LogP contribution in [0.1, 0.15) is 38.2 Å². The molecule has 102 valence electrons. The Morgan fingerprint density at radius 2 is 1.65 bits per heavy atom. The third-order valence-electron chi connectivity index (χ3n) is 3.40. The second kappa shape index (κ2) is 6.11. The lowest BCUT2D eigenvalue weighted by Crippen LogP contribution is -2.09. The van der Waals surface area contributed by atoms with Gasteiger partial charge < -0.3 is 0 Å². The third kappa shape index (κ3) is 2.86. The molecule has 0 saturated heterocycles. The van der Waals surface area contributed by atoms with Gasteiger partial charge in [-0.2, -0.15) is 0 Å². The van der Waals surface area contributed by atoms with E-state index in [1.54, 1.807) is 0 Å². The van der Waals surface area contributed by atoms with Gasteiger partial charge in [0.2, 0.25) is 0 Å². The molecule has 0 aromatic heterocycles. The fourth-order valence-electron chi connectivity index (χ4n) is 2.62. The van der Waals surface area contributed by atoms with Crippen LogP contribution in [0.2, 0.25) is 0 Å². The highest BCUT2D eigenvalue weighted by Gasteiger charge is 2.17. The maximum Gasteiger partial charge on any atom is 0.193 e. The minimum Gasteiger partial charge on any atom is -0.289 e. The molecule has 0 atom stereocenters. The van der Waals surface area contributed by atoms with Crippen molar-refractivity contribution < 1.29 is 9.36 Å². The van der Waals surface area contributed by atoms with Gasteiger partial charge in [-0.05, 0) is 37.5 Å². The monoisotopic (exact) mass is 284 g/mol. The molecule has 0 aliphatic heterocycles. The van der Waals surface area contributed by atoms with Gasteiger partial charge in [0.1, 0.15) is 0 Å². The van der Waals surface area contributed by atoms with Gasteiger partial charge in [-0.1, -0.05) is 42.0 Å². The summed E-state index contributed by atoms with van der Waals surface area (Å²) in [6.45, 7) is 5.95. The van der Waals surface area contributed by atoms with Gasteiger partial charge in [0.05, 0.1) is 6.16 Å². The van der Waals surface area contributed by atoms with E-state index < -0.39 is 0 Å². The summed E-state index contributed by atoms with van der Waals surface area (Å²) in [5.41, 5.74) is 5.36. The maximum atomic E-state index is 12.8. The average Bonchev–Trinajstić information content (AvgIpc) is 2.38. The first-order chi connectivity index (χ1) is 9.54. The number of hydrogen-bond donors (Lipinski definition) is 0. The van der Waals surface area contributed by atoms with Crippen LogP contribution in [0.5, 0.6) is 0 Å². The molecular formula is C17H17O2P. The van der Waals surface area contributed by atoms with Crippen molar-refractivity contribution >= 4 is 14.2 Å². The molecular weight excluding hydrogens is 267 g/mol. The maximum absolute atomic E-state index is 12.8. The van der Waals surface area contributed by atoms with Crippen LogP contribution in [0.15, 0.2) is 36.4 Å². The van der Waals surface area contributed by atoms with E-state index in [9.17, 15) is 9.36 Å². The Labute approximate surface area is 121 Å². The van der Waals surface area contributed by atoms with E-state index >= 15 is 0 Å². The van der Waals surface area contributed by atoms with Gasteiger partial charge in [0.15, 0.2) is 14.2 Å². The van der Waals surface area contributed by atoms with Crippen LogP contribution in [-0.2, 0) is 10.7 Å². The van der Waals surface area contributed by atoms with Crippen molar-refractivity contribution in [3.05, 3.63) is 69.8 Å². The van der Waals surface area contributed by atoms with Crippen molar-refractivity contribution in [2.75, 3.05) is 0 Å². The Morgan fingerprint density at radius 3 is 2.25 bits per heavy atom. The zero-order valence-corrected chi connectivity index (χ0v) is 12.8. The van der Waals surface area contributed by atoms with Crippen LogP contribution in [0.3, 0.4) is 0 Å². The highest BCUT2D eigenvalue weighted by molar-refractivity contribution is 7.22. The van der Waals surface area contributed by atoms with Crippen molar-refractivity contribution in [2.24, 2.45) is 0 Å². The van der Waals surface area contributed by atoms with Crippen LogP contribution in [-0.4, -0.2) is 5.78 Å². The molecule has 0 aliphatic carbocycles. The molecule has 0 aliphatic rings. The van der Waals surface area contributed by atoms with Gasteiger partial charge >= 0.3 is 0 Å². The summed E-state index contributed by atoms with van der Waals surface area (Å²) in [6, 6.07) is 11.4. The molecule has 2 aromatic rings. The lowest BCUT2D eigenvalue weighted by Gasteiger charge is -2.12. The SMILES string of the molecule is Cc1cc(C)c(C(=O)c2ccccc2CP=O)c(C)c1. The molecule has 3 heteroatoms. The molecule has 0 amide bonds. The molecule has 0 spiro atoms. The third-order valence-corrected chi connectivity index (χ3v) is 3.87. The second-order valence-corrected chi connectivity index (χ2v) is 5.62. The number of carbonyl (C=O) groups is 1. The quantitative estimate of drug-likeness (QED) is 0.605. The summed E-state index contributed by atoms with van der Waals surface area (Å²) >= 11 is 0. The predicted octanol–water partition coefficient (Wildman–Crippen LogP) is 4.63. The molecule has 2 nitrogen and oxygen atoms in total. The predicted molar refractivity (Wildman–Crippen MR) is 81.8 cm³/mol. The van der Waals surface area contributed by atoms with Crippen LogP contribution in [0.4, 0.5) is 0 Å². The Balaban J connectivity index is 2.55. The van der Waals surface area contributed by atoms with Crippen LogP contribution in [0.25, 0.3) is 0 Å². The average molecular weight is 284 g/mol. The van der Waals surface area contributed by atoms with Crippen molar-refractivity contribution in [2.45, 2.75) is 26.9 Å². The van der Waals surface area contributed by atoms with Crippen molar-refractivity contribution in [1.29, 1.82) is 0 Å². The van der Waals surface area contributed by atoms with Crippen LogP contribution < -0.4 is 0 Å². The van der Waals surface area contributed by atoms with Gasteiger partial charge in [-0.15, -0.1) is 0 Å². The molecule has 20 heavy (non-hydrogen) atoms. The molecule has 0 N–H and O–H groups in total. The summed E-state index contributed by atoms with van der Waals surface area (Å²) in [5.74, 6) is 0.0132. The first-order valence-corrected chi connectivity index (χ1v) is 7.54. The zero-order valence-electron chi connectivity index (χ0n) is 11.9. The summed E-state index contributed by atoms with van der Waals surface area (Å²) in [7, 11) is 0.0312. The highest BCUT2D eigenvalue weighted by Crippen LogP contribution is 2.23. The molecule has 0 unspecified atom stereocenters. The van der Waals surface area contributed by atoms with Crippen molar-refractivity contribution in [3.63, 3.8) is 0 Å². The summed E-state index contributed by atoms with van der Waals surface area (Å²) in [6.07, 6.45) is 0.367. The Hall–Kier alpha value is -1.79. The number of rotatable bonds is 4. The minimum atomic E-state index is 0.0132. The molecule has 2 rings (SSSR count). The molecule has 0 radical (unpaired) electrons. The number of carbonyl (C=O) groups excluding carboxylic acids is 1. The molecule has 2 aromatic carbocycles. The standard InChI is InChI=1S/C17H17O2P/c1-11-8-12(2)16(13(3)9-11)17(18)15-7-5-4-6-14(15)10-20-19/h4-9H,10H2,1-3H3. The summed E-state index contributed by atoms with van der Waals surface area (Å²) in [5, 5.41) is 0. The van der Waals surface area contributed by atoms with Crippen LogP contribution >= 0.6 is 8.46 Å². The lowest BCUT2D eigenvalue weighted by molar-refractivity contribution is 0.103. The molecule has 0 heterocycles. The summed E-state index contributed by atoms with van der Waals surface area (Å²) in [4.78, 5) is 12.8. The van der Waals surface area contributed by atoms with E-state index in [4.69, 9.17) is 0 Å². The number of aryl methyl sites for hydroxylation is 3. The largest absolute Gasteiger partial charge is 0.289 e. The molecule has 0 fully saturated rings. The first kappa shape index (κ1) is 14.6. The Morgan fingerprint density at radius 1 is 1.05 bits per heavy atom. The van der Waals surface area contributed by atoms with Gasteiger partial charge in [0.25, 0.3) is 0 Å². The fourth-order valence-corrected chi connectivity index (χ4v) is 3.04. The molecule has 0 saturated carbocycles. The summed E-state index contributed by atoms with van der Waals surface area (Å²) < 4.78 is 10.9. The molecule has 0 bridgehead atoms. The van der Waals surface area contributed by atoms with Crippen LogP contribution in [0, 0.1) is 20.8 Å². The number of benzene rings is 2. The van der Waals surface area contributed by atoms with E-state index in [2.05, 4.69) is 0 Å². The van der Waals surface area contributed by atoms with E-state index in [0.29, 0.717) is 11.7 Å². The van der Waals surface area contributed by atoms with Crippen molar-refractivity contribution in [1.82, 2.24) is 0 Å². The van der Waals surface area contributed by atoms with Gasteiger partial charge in [-0.3, -0.25) is 9.36 Å². The van der Waals surface area contributed by atoms with E-state index in [-0.39, 0.29) is 14.2 Å². The number of hydrogen-bond acceptors (Lipinski definition) is 2. The van der Waals surface area contributed by atoms with Gasteiger partial charge in [-0.25, -0.2) is 0 Å². The fraction of sp³-hybridized carbons (Fsp3) is 0.235. The van der Waals surface area contributed by atoms with E-state index in [0.717, 1.165) is 27.8 Å². The highest BCUT2D eigenvalue weighted by atomic mass is 31.1.